The first-order chi connectivity index (χ1) is 7.89. The first-order valence-electron chi connectivity index (χ1n) is 6.43. The molecule has 2 heteroatoms. The van der Waals surface area contributed by atoms with Gasteiger partial charge in [-0.2, -0.15) is 0 Å². The molecule has 0 aliphatic heterocycles. The van der Waals surface area contributed by atoms with E-state index < -0.39 is 0 Å². The molecule has 1 aliphatic rings. The van der Waals surface area contributed by atoms with E-state index in [9.17, 15) is 0 Å². The smallest absolute Gasteiger partial charge is 0.0329 e. The first-order valence-corrected chi connectivity index (χ1v) is 7.22. The van der Waals surface area contributed by atoms with Crippen LogP contribution in [-0.2, 0) is 6.42 Å². The van der Waals surface area contributed by atoms with Crippen LogP contribution in [0.4, 0.5) is 0 Å². The van der Waals surface area contributed by atoms with Crippen molar-refractivity contribution in [3.63, 3.8) is 0 Å². The van der Waals surface area contributed by atoms with Crippen molar-refractivity contribution in [1.82, 2.24) is 5.32 Å². The van der Waals surface area contributed by atoms with Crippen LogP contribution in [0, 0.1) is 5.41 Å². The van der Waals surface area contributed by atoms with Gasteiger partial charge in [0.15, 0.2) is 0 Å². The van der Waals surface area contributed by atoms with Crippen molar-refractivity contribution in [1.29, 1.82) is 0 Å². The van der Waals surface area contributed by atoms with Crippen LogP contribution in [0.5, 0.6) is 0 Å². The van der Waals surface area contributed by atoms with Crippen molar-refractivity contribution in [2.75, 3.05) is 0 Å². The molecule has 1 aromatic carbocycles. The minimum absolute atomic E-state index is 0.314. The van der Waals surface area contributed by atoms with Gasteiger partial charge in [-0.15, -0.1) is 0 Å². The lowest BCUT2D eigenvalue weighted by atomic mass is 9.87. The zero-order chi connectivity index (χ0) is 12.6. The standard InChI is InChI=1S/C15H22BrN/c1-10(15(2,3)4)17-14-9-8-11-12(14)6-5-7-13(11)16/h5-7,10,14,17H,8-9H2,1-4H3. The van der Waals surface area contributed by atoms with E-state index in [0.29, 0.717) is 17.5 Å². The molecule has 0 saturated heterocycles. The maximum atomic E-state index is 3.78. The topological polar surface area (TPSA) is 12.0 Å². The molecule has 0 spiro atoms. The highest BCUT2D eigenvalue weighted by molar-refractivity contribution is 9.10. The minimum atomic E-state index is 0.314. The van der Waals surface area contributed by atoms with Crippen LogP contribution in [0.1, 0.15) is 51.3 Å². The number of benzene rings is 1. The summed E-state index contributed by atoms with van der Waals surface area (Å²) < 4.78 is 1.27. The fourth-order valence-electron chi connectivity index (χ4n) is 2.33. The Labute approximate surface area is 113 Å². The van der Waals surface area contributed by atoms with Gasteiger partial charge in [-0.05, 0) is 42.4 Å². The number of hydrogen-bond donors (Lipinski definition) is 1. The van der Waals surface area contributed by atoms with Crippen molar-refractivity contribution in [3.8, 4) is 0 Å². The molecule has 1 nitrogen and oxygen atoms in total. The van der Waals surface area contributed by atoms with Gasteiger partial charge >= 0.3 is 0 Å². The Morgan fingerprint density at radius 2 is 2.06 bits per heavy atom. The van der Waals surface area contributed by atoms with E-state index in [1.165, 1.54) is 28.4 Å². The zero-order valence-electron chi connectivity index (χ0n) is 11.2. The first kappa shape index (κ1) is 13.1. The van der Waals surface area contributed by atoms with Crippen LogP contribution in [0.3, 0.4) is 0 Å². The van der Waals surface area contributed by atoms with Gasteiger partial charge < -0.3 is 5.32 Å². The largest absolute Gasteiger partial charge is 0.307 e. The SMILES string of the molecule is CC(NC1CCc2c(Br)cccc21)C(C)(C)C. The predicted octanol–water partition coefficient (Wildman–Crippen LogP) is 4.46. The molecule has 2 atom stereocenters. The maximum Gasteiger partial charge on any atom is 0.0329 e. The van der Waals surface area contributed by atoms with Crippen molar-refractivity contribution in [3.05, 3.63) is 33.8 Å². The fraction of sp³-hybridized carbons (Fsp3) is 0.600. The third-order valence-corrected chi connectivity index (χ3v) is 4.71. The lowest BCUT2D eigenvalue weighted by molar-refractivity contribution is 0.262. The van der Waals surface area contributed by atoms with Gasteiger partial charge in [0.2, 0.25) is 0 Å². The Bertz CT molecular complexity index is 406. The highest BCUT2D eigenvalue weighted by atomic mass is 79.9. The van der Waals surface area contributed by atoms with Gasteiger partial charge in [-0.25, -0.2) is 0 Å². The van der Waals surface area contributed by atoms with Crippen molar-refractivity contribution >= 4 is 15.9 Å². The molecule has 17 heavy (non-hydrogen) atoms. The fourth-order valence-corrected chi connectivity index (χ4v) is 2.91. The monoisotopic (exact) mass is 295 g/mol. The summed E-state index contributed by atoms with van der Waals surface area (Å²) >= 11 is 3.65. The molecule has 2 unspecified atom stereocenters. The summed E-state index contributed by atoms with van der Waals surface area (Å²) in [7, 11) is 0. The maximum absolute atomic E-state index is 3.78. The molecule has 0 amide bonds. The molecule has 0 bridgehead atoms. The molecule has 94 valence electrons. The summed E-state index contributed by atoms with van der Waals surface area (Å²) in [5.74, 6) is 0. The lowest BCUT2D eigenvalue weighted by Crippen LogP contribution is -2.39. The van der Waals surface area contributed by atoms with E-state index in [-0.39, 0.29) is 0 Å². The summed E-state index contributed by atoms with van der Waals surface area (Å²) in [5.41, 5.74) is 3.29. The normalized spacial score (nSPS) is 21.4. The highest BCUT2D eigenvalue weighted by Gasteiger charge is 2.28. The average Bonchev–Trinajstić information content (AvgIpc) is 2.62. The summed E-state index contributed by atoms with van der Waals surface area (Å²) in [4.78, 5) is 0. The van der Waals surface area contributed by atoms with Gasteiger partial charge in [0.25, 0.3) is 0 Å². The number of rotatable bonds is 2. The highest BCUT2D eigenvalue weighted by Crippen LogP contribution is 2.36. The second kappa shape index (κ2) is 4.74. The van der Waals surface area contributed by atoms with Crippen LogP contribution in [0.2, 0.25) is 0 Å². The van der Waals surface area contributed by atoms with E-state index in [0.717, 1.165) is 0 Å². The summed E-state index contributed by atoms with van der Waals surface area (Å²) in [6.07, 6.45) is 2.41. The Balaban J connectivity index is 2.15. The number of halogens is 1. The van der Waals surface area contributed by atoms with Crippen LogP contribution in [-0.4, -0.2) is 6.04 Å². The van der Waals surface area contributed by atoms with Gasteiger partial charge in [0.05, 0.1) is 0 Å². The van der Waals surface area contributed by atoms with E-state index in [1.54, 1.807) is 0 Å². The van der Waals surface area contributed by atoms with E-state index in [1.807, 2.05) is 0 Å². The molecule has 1 aliphatic carbocycles. The van der Waals surface area contributed by atoms with Crippen molar-refractivity contribution in [2.24, 2.45) is 5.41 Å². The molecule has 0 saturated carbocycles. The number of nitrogens with one attached hydrogen (secondary N) is 1. The summed E-state index contributed by atoms with van der Waals surface area (Å²) in [6.45, 7) is 9.17. The molecule has 0 aromatic heterocycles. The average molecular weight is 296 g/mol. The molecule has 1 aromatic rings. The van der Waals surface area contributed by atoms with Gasteiger partial charge in [-0.1, -0.05) is 48.8 Å². The molecule has 1 N–H and O–H groups in total. The summed E-state index contributed by atoms with van der Waals surface area (Å²) in [5, 5.41) is 3.78. The third-order valence-electron chi connectivity index (χ3n) is 3.96. The second-order valence-electron chi connectivity index (χ2n) is 6.15. The lowest BCUT2D eigenvalue weighted by Gasteiger charge is -2.31. The molecule has 2 rings (SSSR count). The van der Waals surface area contributed by atoms with Crippen LogP contribution in [0.25, 0.3) is 0 Å². The van der Waals surface area contributed by atoms with Crippen molar-refractivity contribution < 1.29 is 0 Å². The second-order valence-corrected chi connectivity index (χ2v) is 7.01. The van der Waals surface area contributed by atoms with Crippen LogP contribution < -0.4 is 5.32 Å². The Kier molecular flexibility index (Phi) is 3.65. The van der Waals surface area contributed by atoms with Crippen LogP contribution >= 0.6 is 15.9 Å². The molecular formula is C15H22BrN. The molecule has 0 heterocycles. The quantitative estimate of drug-likeness (QED) is 0.849. The summed E-state index contributed by atoms with van der Waals surface area (Å²) in [6, 6.07) is 7.60. The van der Waals surface area contributed by atoms with Crippen LogP contribution in [0.15, 0.2) is 22.7 Å². The van der Waals surface area contributed by atoms with E-state index >= 15 is 0 Å². The molecular weight excluding hydrogens is 274 g/mol. The van der Waals surface area contributed by atoms with Gasteiger partial charge in [-0.3, -0.25) is 0 Å². The third kappa shape index (κ3) is 2.74. The predicted molar refractivity (Wildman–Crippen MR) is 77.3 cm³/mol. The van der Waals surface area contributed by atoms with E-state index in [2.05, 4.69) is 67.1 Å². The minimum Gasteiger partial charge on any atom is -0.307 e. The Hall–Kier alpha value is -0.340. The Morgan fingerprint density at radius 3 is 2.71 bits per heavy atom. The molecule has 0 fully saturated rings. The van der Waals surface area contributed by atoms with Crippen molar-refractivity contribution in [2.45, 2.75) is 52.6 Å². The van der Waals surface area contributed by atoms with E-state index in [4.69, 9.17) is 0 Å². The van der Waals surface area contributed by atoms with Gasteiger partial charge in [0, 0.05) is 16.6 Å². The molecule has 0 radical (unpaired) electrons. The van der Waals surface area contributed by atoms with Gasteiger partial charge in [0.1, 0.15) is 0 Å². The number of hydrogen-bond acceptors (Lipinski definition) is 1. The zero-order valence-corrected chi connectivity index (χ0v) is 12.8. The number of fused-ring (bicyclic) bond motifs is 1. The Morgan fingerprint density at radius 1 is 1.35 bits per heavy atom.